The SMILES string of the molecule is CCN(CC)C(=O)C1=C(C)N=c2s/c(=C/c3ccc(I)o3)c(=O)n2[C@H]1c1cc(OC)ccc1OC. The van der Waals surface area contributed by atoms with E-state index in [4.69, 9.17) is 18.9 Å². The first-order chi connectivity index (χ1) is 16.8. The molecular formula is C25H26IN3O5S. The number of ether oxygens (including phenoxy) is 2. The van der Waals surface area contributed by atoms with Crippen LogP contribution in [0.3, 0.4) is 0 Å². The number of rotatable bonds is 7. The predicted octanol–water partition coefficient (Wildman–Crippen LogP) is 3.32. The Morgan fingerprint density at radius 1 is 1.23 bits per heavy atom. The lowest BCUT2D eigenvalue weighted by atomic mass is 9.93. The molecule has 0 fully saturated rings. The van der Waals surface area contributed by atoms with Crippen LogP contribution in [0.4, 0.5) is 0 Å². The first kappa shape index (κ1) is 25.2. The molecule has 3 heterocycles. The van der Waals surface area contributed by atoms with E-state index in [1.807, 2.05) is 39.0 Å². The minimum Gasteiger partial charge on any atom is -0.497 e. The van der Waals surface area contributed by atoms with E-state index in [2.05, 4.69) is 22.6 Å². The molecule has 3 aromatic rings. The molecule has 1 atom stereocenters. The number of hydrogen-bond acceptors (Lipinski definition) is 7. The van der Waals surface area contributed by atoms with Crippen LogP contribution in [-0.2, 0) is 4.79 Å². The molecule has 0 aliphatic carbocycles. The number of carbonyl (C=O) groups is 1. The second kappa shape index (κ2) is 10.4. The van der Waals surface area contributed by atoms with Gasteiger partial charge in [-0.2, -0.15) is 0 Å². The summed E-state index contributed by atoms with van der Waals surface area (Å²) in [4.78, 5) is 34.4. The Bertz CT molecular complexity index is 1480. The van der Waals surface area contributed by atoms with Gasteiger partial charge in [0, 0.05) is 24.7 Å². The van der Waals surface area contributed by atoms with Gasteiger partial charge in [0.05, 0.1) is 30.0 Å². The highest BCUT2D eigenvalue weighted by Crippen LogP contribution is 2.38. The maximum atomic E-state index is 13.8. The number of thiazole rings is 1. The van der Waals surface area contributed by atoms with Crippen molar-refractivity contribution < 1.29 is 18.7 Å². The average molecular weight is 607 g/mol. The summed E-state index contributed by atoms with van der Waals surface area (Å²) in [7, 11) is 3.14. The number of benzene rings is 1. The second-order valence-electron chi connectivity index (χ2n) is 7.81. The number of fused-ring (bicyclic) bond motifs is 1. The van der Waals surface area contributed by atoms with Crippen LogP contribution in [0.15, 0.2) is 55.8 Å². The summed E-state index contributed by atoms with van der Waals surface area (Å²) in [5, 5.41) is 0. The predicted molar refractivity (Wildman–Crippen MR) is 143 cm³/mol. The van der Waals surface area contributed by atoms with Crippen LogP contribution < -0.4 is 24.4 Å². The number of amides is 1. The molecule has 1 aliphatic rings. The van der Waals surface area contributed by atoms with Crippen LogP contribution in [-0.4, -0.2) is 42.7 Å². The maximum absolute atomic E-state index is 13.8. The monoisotopic (exact) mass is 607 g/mol. The van der Waals surface area contributed by atoms with E-state index < -0.39 is 6.04 Å². The van der Waals surface area contributed by atoms with Crippen LogP contribution >= 0.6 is 33.9 Å². The third-order valence-electron chi connectivity index (χ3n) is 5.90. The summed E-state index contributed by atoms with van der Waals surface area (Å²) < 4.78 is 19.5. The Morgan fingerprint density at radius 2 is 1.97 bits per heavy atom. The van der Waals surface area contributed by atoms with Gasteiger partial charge < -0.3 is 18.8 Å². The number of allylic oxidation sites excluding steroid dienone is 1. The Kier molecular flexibility index (Phi) is 7.50. The van der Waals surface area contributed by atoms with Crippen molar-refractivity contribution in [2.45, 2.75) is 26.8 Å². The van der Waals surface area contributed by atoms with Crippen molar-refractivity contribution in [2.24, 2.45) is 4.99 Å². The highest BCUT2D eigenvalue weighted by atomic mass is 127. The number of methoxy groups -OCH3 is 2. The van der Waals surface area contributed by atoms with Gasteiger partial charge in [-0.05, 0) is 73.7 Å². The molecule has 0 saturated carbocycles. The summed E-state index contributed by atoms with van der Waals surface area (Å²) in [6, 6.07) is 8.28. The third kappa shape index (κ3) is 4.68. The Morgan fingerprint density at radius 3 is 2.57 bits per heavy atom. The highest BCUT2D eigenvalue weighted by Gasteiger charge is 2.36. The summed E-state index contributed by atoms with van der Waals surface area (Å²) in [5.41, 5.74) is 1.40. The van der Waals surface area contributed by atoms with Crippen molar-refractivity contribution in [3.63, 3.8) is 0 Å². The highest BCUT2D eigenvalue weighted by molar-refractivity contribution is 14.1. The van der Waals surface area contributed by atoms with Gasteiger partial charge in [-0.25, -0.2) is 4.99 Å². The molecule has 0 saturated heterocycles. The lowest BCUT2D eigenvalue weighted by Gasteiger charge is -2.30. The molecule has 35 heavy (non-hydrogen) atoms. The Labute approximate surface area is 220 Å². The summed E-state index contributed by atoms with van der Waals surface area (Å²) in [6.07, 6.45) is 1.71. The fraction of sp³-hybridized carbons (Fsp3) is 0.320. The topological polar surface area (TPSA) is 86.3 Å². The third-order valence-corrected chi connectivity index (χ3v) is 7.46. The molecule has 1 aromatic carbocycles. The molecule has 2 aromatic heterocycles. The molecule has 184 valence electrons. The van der Waals surface area contributed by atoms with Gasteiger partial charge in [0.1, 0.15) is 23.3 Å². The Balaban J connectivity index is 2.03. The van der Waals surface area contributed by atoms with Crippen LogP contribution in [0.5, 0.6) is 11.5 Å². The van der Waals surface area contributed by atoms with E-state index in [0.29, 0.717) is 56.5 Å². The summed E-state index contributed by atoms with van der Waals surface area (Å²) >= 11 is 3.34. The van der Waals surface area contributed by atoms with Gasteiger partial charge in [0.25, 0.3) is 11.5 Å². The van der Waals surface area contributed by atoms with Crippen molar-refractivity contribution in [3.8, 4) is 11.5 Å². The molecule has 4 rings (SSSR count). The first-order valence-corrected chi connectivity index (χ1v) is 13.0. The molecule has 10 heteroatoms. The molecule has 1 amide bonds. The van der Waals surface area contributed by atoms with E-state index in [1.165, 1.54) is 11.3 Å². The van der Waals surface area contributed by atoms with Crippen LogP contribution in [0.25, 0.3) is 6.08 Å². The maximum Gasteiger partial charge on any atom is 0.271 e. The smallest absolute Gasteiger partial charge is 0.271 e. The van der Waals surface area contributed by atoms with E-state index in [1.54, 1.807) is 41.9 Å². The van der Waals surface area contributed by atoms with Crippen molar-refractivity contribution in [1.29, 1.82) is 0 Å². The number of hydrogen-bond donors (Lipinski definition) is 0. The van der Waals surface area contributed by atoms with Crippen molar-refractivity contribution in [3.05, 3.63) is 76.4 Å². The van der Waals surface area contributed by atoms with Gasteiger partial charge in [-0.15, -0.1) is 0 Å². The van der Waals surface area contributed by atoms with Gasteiger partial charge >= 0.3 is 0 Å². The fourth-order valence-electron chi connectivity index (χ4n) is 4.16. The lowest BCUT2D eigenvalue weighted by Crippen LogP contribution is -2.43. The van der Waals surface area contributed by atoms with E-state index in [0.717, 1.165) is 3.77 Å². The lowest BCUT2D eigenvalue weighted by molar-refractivity contribution is -0.127. The van der Waals surface area contributed by atoms with Gasteiger partial charge in [0.15, 0.2) is 8.57 Å². The van der Waals surface area contributed by atoms with Crippen LogP contribution in [0, 0.1) is 3.77 Å². The van der Waals surface area contributed by atoms with Crippen molar-refractivity contribution in [2.75, 3.05) is 27.3 Å². The molecule has 0 unspecified atom stereocenters. The molecule has 8 nitrogen and oxygen atoms in total. The van der Waals surface area contributed by atoms with E-state index >= 15 is 0 Å². The molecule has 0 radical (unpaired) electrons. The molecule has 0 spiro atoms. The minimum atomic E-state index is -0.733. The molecule has 0 N–H and O–H groups in total. The zero-order chi connectivity index (χ0) is 25.3. The Hall–Kier alpha value is -2.86. The van der Waals surface area contributed by atoms with Crippen LogP contribution in [0.1, 0.15) is 38.1 Å². The van der Waals surface area contributed by atoms with E-state index in [-0.39, 0.29) is 11.5 Å². The van der Waals surface area contributed by atoms with Gasteiger partial charge in [-0.1, -0.05) is 11.3 Å². The van der Waals surface area contributed by atoms with Crippen molar-refractivity contribution >= 4 is 45.9 Å². The largest absolute Gasteiger partial charge is 0.497 e. The quantitative estimate of drug-likeness (QED) is 0.385. The number of carbonyl (C=O) groups excluding carboxylic acids is 1. The zero-order valence-electron chi connectivity index (χ0n) is 20.1. The number of aromatic nitrogens is 1. The summed E-state index contributed by atoms with van der Waals surface area (Å²) in [5.74, 6) is 1.55. The zero-order valence-corrected chi connectivity index (χ0v) is 23.1. The molecule has 1 aliphatic heterocycles. The molecular weight excluding hydrogens is 581 g/mol. The summed E-state index contributed by atoms with van der Waals surface area (Å²) in [6.45, 7) is 6.74. The average Bonchev–Trinajstić information content (AvgIpc) is 3.40. The standard InChI is InChI=1S/C25H26IN3O5S/c1-6-28(7-2)24(31)21-14(3)27-25-29(22(21)17-12-15(32-4)8-10-18(17)33-5)23(30)19(35-25)13-16-9-11-20(26)34-16/h8-13,22H,6-7H2,1-5H3/b19-13+/t22-/m0/s1. The normalized spacial score (nSPS) is 15.6. The number of halogens is 1. The number of nitrogens with zero attached hydrogens (tertiary/aromatic N) is 3. The number of furan rings is 1. The van der Waals surface area contributed by atoms with Crippen LogP contribution in [0.2, 0.25) is 0 Å². The second-order valence-corrected chi connectivity index (χ2v) is 9.88. The molecule has 0 bridgehead atoms. The van der Waals surface area contributed by atoms with Gasteiger partial charge in [-0.3, -0.25) is 14.2 Å². The van der Waals surface area contributed by atoms with Gasteiger partial charge in [0.2, 0.25) is 0 Å². The number of likely N-dealkylation sites (N-methyl/N-ethyl adjacent to an activating group) is 1. The first-order valence-electron chi connectivity index (χ1n) is 11.1. The minimum absolute atomic E-state index is 0.166. The van der Waals surface area contributed by atoms with E-state index in [9.17, 15) is 9.59 Å². The fourth-order valence-corrected chi connectivity index (χ4v) is 5.62. The van der Waals surface area contributed by atoms with Crippen molar-refractivity contribution in [1.82, 2.24) is 9.47 Å².